The van der Waals surface area contributed by atoms with Crippen LogP contribution in [0.5, 0.6) is 0 Å². The minimum Gasteiger partial charge on any atom is -0.354 e. The molecular weight excluding hydrogens is 234 g/mol. The minimum absolute atomic E-state index is 0.250. The van der Waals surface area contributed by atoms with Gasteiger partial charge in [0.15, 0.2) is 6.29 Å². The van der Waals surface area contributed by atoms with Crippen LogP contribution < -0.4 is 10.6 Å². The lowest BCUT2D eigenvalue weighted by molar-refractivity contribution is -0.117. The molecule has 18 heavy (non-hydrogen) atoms. The van der Waals surface area contributed by atoms with E-state index in [-0.39, 0.29) is 6.04 Å². The van der Waals surface area contributed by atoms with Crippen LogP contribution in [0, 0.1) is 0 Å². The Morgan fingerprint density at radius 1 is 1.56 bits per heavy atom. The lowest BCUT2D eigenvalue weighted by Crippen LogP contribution is -2.53. The van der Waals surface area contributed by atoms with Gasteiger partial charge in [-0.3, -0.25) is 4.90 Å². The Balaban J connectivity index is 2.38. The van der Waals surface area contributed by atoms with Gasteiger partial charge in [-0.25, -0.2) is 9.78 Å². The first-order valence-corrected chi connectivity index (χ1v) is 5.77. The number of carbonyl (C=O) groups is 1. The number of ether oxygens (including phenoxy) is 2. The summed E-state index contributed by atoms with van der Waals surface area (Å²) in [5.41, 5.74) is 6.47. The third-order valence-corrected chi connectivity index (χ3v) is 3.15. The van der Waals surface area contributed by atoms with Crippen LogP contribution in [-0.4, -0.2) is 37.6 Å². The third kappa shape index (κ3) is 2.16. The van der Waals surface area contributed by atoms with Gasteiger partial charge in [0.05, 0.1) is 6.04 Å². The van der Waals surface area contributed by atoms with Gasteiger partial charge in [0, 0.05) is 20.4 Å². The second-order valence-corrected chi connectivity index (χ2v) is 4.14. The molecule has 1 atom stereocenters. The number of rotatable bonds is 3. The summed E-state index contributed by atoms with van der Waals surface area (Å²) in [7, 11) is 3.09. The molecular formula is C12H17N3O3. The van der Waals surface area contributed by atoms with Gasteiger partial charge in [0.1, 0.15) is 5.82 Å². The summed E-state index contributed by atoms with van der Waals surface area (Å²) in [5, 5.41) is 0. The number of hydrogen-bond donors (Lipinski definition) is 1. The van der Waals surface area contributed by atoms with E-state index < -0.39 is 12.3 Å². The Labute approximate surface area is 106 Å². The van der Waals surface area contributed by atoms with E-state index in [9.17, 15) is 4.79 Å². The van der Waals surface area contributed by atoms with Crippen molar-refractivity contribution in [1.82, 2.24) is 4.98 Å². The average molecular weight is 251 g/mol. The molecule has 2 N–H and O–H groups in total. The van der Waals surface area contributed by atoms with Gasteiger partial charge in [-0.1, -0.05) is 6.07 Å². The lowest BCUT2D eigenvalue weighted by atomic mass is 9.98. The van der Waals surface area contributed by atoms with Crippen LogP contribution in [0.15, 0.2) is 18.3 Å². The second kappa shape index (κ2) is 5.32. The second-order valence-electron chi connectivity index (χ2n) is 4.14. The highest BCUT2D eigenvalue weighted by Crippen LogP contribution is 2.30. The van der Waals surface area contributed by atoms with E-state index in [1.165, 1.54) is 4.90 Å². The molecule has 6 nitrogen and oxygen atoms in total. The average Bonchev–Trinajstić information content (AvgIpc) is 2.39. The predicted octanol–water partition coefficient (Wildman–Crippen LogP) is 0.900. The molecule has 0 bridgehead atoms. The molecule has 98 valence electrons. The van der Waals surface area contributed by atoms with Gasteiger partial charge in [0.2, 0.25) is 0 Å². The summed E-state index contributed by atoms with van der Waals surface area (Å²) in [6.07, 6.45) is 2.69. The van der Waals surface area contributed by atoms with Crippen molar-refractivity contribution >= 4 is 11.8 Å². The highest BCUT2D eigenvalue weighted by atomic mass is 16.7. The number of aromatic nitrogens is 1. The molecule has 2 heterocycles. The molecule has 1 aromatic heterocycles. The van der Waals surface area contributed by atoms with Crippen molar-refractivity contribution in [2.45, 2.75) is 25.2 Å². The smallest absolute Gasteiger partial charge is 0.320 e. The maximum absolute atomic E-state index is 11.7. The zero-order valence-corrected chi connectivity index (χ0v) is 10.5. The number of fused-ring (bicyclic) bond motifs is 1. The number of nitrogens with two attached hydrogens (primary N) is 1. The van der Waals surface area contributed by atoms with E-state index in [4.69, 9.17) is 15.2 Å². The number of primary amides is 1. The number of urea groups is 1. The van der Waals surface area contributed by atoms with Gasteiger partial charge in [-0.15, -0.1) is 0 Å². The van der Waals surface area contributed by atoms with Gasteiger partial charge < -0.3 is 15.2 Å². The van der Waals surface area contributed by atoms with Crippen LogP contribution in [0.25, 0.3) is 0 Å². The van der Waals surface area contributed by atoms with Crippen LogP contribution in [-0.2, 0) is 15.9 Å². The Morgan fingerprint density at radius 3 is 2.89 bits per heavy atom. The maximum atomic E-state index is 11.7. The number of aryl methyl sites for hydroxylation is 1. The monoisotopic (exact) mass is 251 g/mol. The molecule has 2 amide bonds. The van der Waals surface area contributed by atoms with E-state index >= 15 is 0 Å². The molecule has 1 aliphatic rings. The van der Waals surface area contributed by atoms with E-state index in [0.717, 1.165) is 18.4 Å². The van der Waals surface area contributed by atoms with Crippen molar-refractivity contribution < 1.29 is 14.3 Å². The summed E-state index contributed by atoms with van der Waals surface area (Å²) in [6, 6.07) is 3.00. The van der Waals surface area contributed by atoms with Gasteiger partial charge in [-0.05, 0) is 24.5 Å². The first kappa shape index (κ1) is 12.8. The number of amides is 2. The topological polar surface area (TPSA) is 77.7 Å². The molecule has 0 spiro atoms. The fourth-order valence-electron chi connectivity index (χ4n) is 2.37. The molecule has 0 fully saturated rings. The summed E-state index contributed by atoms with van der Waals surface area (Å²) in [5.74, 6) is 0.598. The van der Waals surface area contributed by atoms with Crippen LogP contribution in [0.3, 0.4) is 0 Å². The largest absolute Gasteiger partial charge is 0.354 e. The number of methoxy groups -OCH3 is 2. The zero-order valence-electron chi connectivity index (χ0n) is 10.5. The van der Waals surface area contributed by atoms with Crippen molar-refractivity contribution in [1.29, 1.82) is 0 Å². The molecule has 0 radical (unpaired) electrons. The van der Waals surface area contributed by atoms with E-state index in [0.29, 0.717) is 5.82 Å². The van der Waals surface area contributed by atoms with Gasteiger partial charge >= 0.3 is 6.03 Å². The van der Waals surface area contributed by atoms with Crippen molar-refractivity contribution in [2.75, 3.05) is 19.1 Å². The van der Waals surface area contributed by atoms with Crippen molar-refractivity contribution in [3.05, 3.63) is 23.9 Å². The summed E-state index contributed by atoms with van der Waals surface area (Å²) in [6.45, 7) is 0. The molecule has 0 aromatic carbocycles. The highest BCUT2D eigenvalue weighted by molar-refractivity contribution is 5.91. The van der Waals surface area contributed by atoms with Crippen LogP contribution in [0.2, 0.25) is 0 Å². The molecule has 2 rings (SSSR count). The Bertz CT molecular complexity index is 434. The normalized spacial score (nSPS) is 18.8. The maximum Gasteiger partial charge on any atom is 0.320 e. The fraction of sp³-hybridized carbons (Fsp3) is 0.500. The molecule has 6 heteroatoms. The summed E-state index contributed by atoms with van der Waals surface area (Å²) >= 11 is 0. The van der Waals surface area contributed by atoms with Gasteiger partial charge in [0.25, 0.3) is 0 Å². The predicted molar refractivity (Wildman–Crippen MR) is 66.2 cm³/mol. The highest BCUT2D eigenvalue weighted by Gasteiger charge is 2.36. The molecule has 0 saturated carbocycles. The van der Waals surface area contributed by atoms with Crippen LogP contribution in [0.4, 0.5) is 10.6 Å². The Kier molecular flexibility index (Phi) is 3.78. The quantitative estimate of drug-likeness (QED) is 0.810. The first-order valence-electron chi connectivity index (χ1n) is 5.77. The standard InChI is InChI=1S/C12H17N3O3/c1-17-11(18-2)9-6-5-8-4-3-7-14-10(8)15(9)12(13)16/h3-4,7,9,11H,5-6H2,1-2H3,(H2,13,16). The third-order valence-electron chi connectivity index (χ3n) is 3.15. The first-order chi connectivity index (χ1) is 8.69. The number of anilines is 1. The molecule has 0 aliphatic carbocycles. The SMILES string of the molecule is COC(OC)C1CCc2cccnc2N1C(N)=O. The van der Waals surface area contributed by atoms with Gasteiger partial charge in [-0.2, -0.15) is 0 Å². The number of pyridine rings is 1. The zero-order chi connectivity index (χ0) is 13.1. The minimum atomic E-state index is -0.543. The summed E-state index contributed by atoms with van der Waals surface area (Å²) in [4.78, 5) is 17.4. The van der Waals surface area contributed by atoms with Crippen molar-refractivity contribution in [3.8, 4) is 0 Å². The van der Waals surface area contributed by atoms with Crippen molar-refractivity contribution in [3.63, 3.8) is 0 Å². The number of carbonyl (C=O) groups excluding carboxylic acids is 1. The molecule has 0 saturated heterocycles. The van der Waals surface area contributed by atoms with Crippen LogP contribution in [0.1, 0.15) is 12.0 Å². The van der Waals surface area contributed by atoms with E-state index in [1.807, 2.05) is 12.1 Å². The lowest BCUT2D eigenvalue weighted by Gasteiger charge is -2.37. The molecule has 1 aliphatic heterocycles. The molecule has 1 aromatic rings. The Morgan fingerprint density at radius 2 is 2.28 bits per heavy atom. The van der Waals surface area contributed by atoms with E-state index in [2.05, 4.69) is 4.98 Å². The van der Waals surface area contributed by atoms with Crippen LogP contribution >= 0.6 is 0 Å². The number of nitrogens with zero attached hydrogens (tertiary/aromatic N) is 2. The van der Waals surface area contributed by atoms with E-state index in [1.54, 1.807) is 20.4 Å². The fourth-order valence-corrected chi connectivity index (χ4v) is 2.37. The molecule has 1 unspecified atom stereocenters. The number of hydrogen-bond acceptors (Lipinski definition) is 4. The Hall–Kier alpha value is -1.66. The van der Waals surface area contributed by atoms with Crippen molar-refractivity contribution in [2.24, 2.45) is 5.73 Å². The summed E-state index contributed by atoms with van der Waals surface area (Å²) < 4.78 is 10.5.